The van der Waals surface area contributed by atoms with Crippen LogP contribution in [0.15, 0.2) is 6.07 Å². The molecule has 0 radical (unpaired) electrons. The van der Waals surface area contributed by atoms with Crippen molar-refractivity contribution in [3.63, 3.8) is 0 Å². The first-order chi connectivity index (χ1) is 6.13. The highest BCUT2D eigenvalue weighted by Crippen LogP contribution is 2.01. The number of rotatable bonds is 4. The maximum Gasteiger partial charge on any atom is 0.305 e. The van der Waals surface area contributed by atoms with Crippen molar-refractivity contribution in [3.05, 3.63) is 17.5 Å². The highest BCUT2D eigenvalue weighted by molar-refractivity contribution is 5.71. The van der Waals surface area contributed by atoms with E-state index in [-0.39, 0.29) is 6.42 Å². The quantitative estimate of drug-likeness (QED) is 0.687. The van der Waals surface area contributed by atoms with E-state index in [0.29, 0.717) is 18.5 Å². The second-order valence-corrected chi connectivity index (χ2v) is 2.70. The number of aromatic nitrogens is 2. The van der Waals surface area contributed by atoms with Crippen molar-refractivity contribution in [1.29, 1.82) is 0 Å². The molecule has 0 amide bonds. The van der Waals surface area contributed by atoms with Crippen molar-refractivity contribution in [3.8, 4) is 0 Å². The van der Waals surface area contributed by atoms with Gasteiger partial charge in [-0.05, 0) is 13.0 Å². The number of nitrogens with zero attached hydrogens (tertiary/aromatic N) is 2. The number of hydrogen-bond donors (Lipinski definition) is 1. The fourth-order valence-electron chi connectivity index (χ4n) is 1.02. The lowest BCUT2D eigenvalue weighted by Crippen LogP contribution is -2.07. The SMILES string of the molecule is Cc1cc(C=O)nn1CCC(=O)O. The molecule has 1 aromatic heterocycles. The van der Waals surface area contributed by atoms with Crippen LogP contribution in [0.1, 0.15) is 22.6 Å². The van der Waals surface area contributed by atoms with Crippen LogP contribution in [0.5, 0.6) is 0 Å². The summed E-state index contributed by atoms with van der Waals surface area (Å²) in [5.41, 5.74) is 1.13. The zero-order chi connectivity index (χ0) is 9.84. The summed E-state index contributed by atoms with van der Waals surface area (Å²) in [7, 11) is 0. The Morgan fingerprint density at radius 3 is 2.92 bits per heavy atom. The molecule has 0 aliphatic carbocycles. The minimum Gasteiger partial charge on any atom is -0.481 e. The van der Waals surface area contributed by atoms with Crippen molar-refractivity contribution >= 4 is 12.3 Å². The summed E-state index contributed by atoms with van der Waals surface area (Å²) in [6.45, 7) is 2.08. The smallest absolute Gasteiger partial charge is 0.305 e. The van der Waals surface area contributed by atoms with E-state index in [1.165, 1.54) is 4.68 Å². The Kier molecular flexibility index (Phi) is 2.79. The lowest BCUT2D eigenvalue weighted by atomic mass is 10.4. The lowest BCUT2D eigenvalue weighted by molar-refractivity contribution is -0.137. The highest BCUT2D eigenvalue weighted by atomic mass is 16.4. The van der Waals surface area contributed by atoms with E-state index in [1.54, 1.807) is 13.0 Å². The van der Waals surface area contributed by atoms with Crippen LogP contribution in [0.2, 0.25) is 0 Å². The molecule has 0 saturated heterocycles. The summed E-state index contributed by atoms with van der Waals surface area (Å²) < 4.78 is 1.51. The predicted octanol–water partition coefficient (Wildman–Crippen LogP) is 0.479. The zero-order valence-corrected chi connectivity index (χ0v) is 7.23. The summed E-state index contributed by atoms with van der Waals surface area (Å²) in [6.07, 6.45) is 0.658. The second-order valence-electron chi connectivity index (χ2n) is 2.70. The summed E-state index contributed by atoms with van der Waals surface area (Å²) >= 11 is 0. The standard InChI is InChI=1S/C8H10N2O3/c1-6-4-7(5-11)9-10(6)3-2-8(12)13/h4-5H,2-3H2,1H3,(H,12,13). The Balaban J connectivity index is 2.70. The largest absolute Gasteiger partial charge is 0.481 e. The number of carboxylic acids is 1. The van der Waals surface area contributed by atoms with E-state index in [9.17, 15) is 9.59 Å². The molecule has 0 aliphatic heterocycles. The molecule has 13 heavy (non-hydrogen) atoms. The van der Waals surface area contributed by atoms with E-state index in [0.717, 1.165) is 5.69 Å². The molecule has 1 N–H and O–H groups in total. The molecular formula is C8H10N2O3. The van der Waals surface area contributed by atoms with Crippen LogP contribution in [0.25, 0.3) is 0 Å². The van der Waals surface area contributed by atoms with Crippen molar-refractivity contribution < 1.29 is 14.7 Å². The van der Waals surface area contributed by atoms with Crippen molar-refractivity contribution in [2.45, 2.75) is 19.9 Å². The van der Waals surface area contributed by atoms with Gasteiger partial charge in [-0.1, -0.05) is 0 Å². The van der Waals surface area contributed by atoms with Crippen LogP contribution < -0.4 is 0 Å². The molecule has 0 atom stereocenters. The molecule has 1 aromatic rings. The number of carbonyl (C=O) groups is 2. The molecule has 5 nitrogen and oxygen atoms in total. The summed E-state index contributed by atoms with van der Waals surface area (Å²) in [4.78, 5) is 20.6. The molecular weight excluding hydrogens is 172 g/mol. The van der Waals surface area contributed by atoms with Gasteiger partial charge in [0.05, 0.1) is 13.0 Å². The van der Waals surface area contributed by atoms with E-state index in [1.807, 2.05) is 0 Å². The topological polar surface area (TPSA) is 72.2 Å². The monoisotopic (exact) mass is 182 g/mol. The summed E-state index contributed by atoms with van der Waals surface area (Å²) in [5, 5.41) is 12.3. The molecule has 0 aromatic carbocycles. The van der Waals surface area contributed by atoms with E-state index >= 15 is 0 Å². The minimum absolute atomic E-state index is 0.0147. The normalized spacial score (nSPS) is 9.92. The van der Waals surface area contributed by atoms with Gasteiger partial charge < -0.3 is 5.11 Å². The molecule has 5 heteroatoms. The fourth-order valence-corrected chi connectivity index (χ4v) is 1.02. The Labute approximate surface area is 75.0 Å². The van der Waals surface area contributed by atoms with Crippen molar-refractivity contribution in [2.75, 3.05) is 0 Å². The molecule has 0 saturated carbocycles. The second kappa shape index (κ2) is 3.84. The van der Waals surface area contributed by atoms with Crippen LogP contribution >= 0.6 is 0 Å². The maximum atomic E-state index is 10.3. The van der Waals surface area contributed by atoms with Gasteiger partial charge in [-0.3, -0.25) is 14.3 Å². The first kappa shape index (κ1) is 9.44. The average molecular weight is 182 g/mol. The molecule has 70 valence electrons. The third-order valence-electron chi connectivity index (χ3n) is 1.66. The molecule has 0 unspecified atom stereocenters. The summed E-state index contributed by atoms with van der Waals surface area (Å²) in [6, 6.07) is 1.62. The van der Waals surface area contributed by atoms with Crippen LogP contribution in [0.3, 0.4) is 0 Å². The Hall–Kier alpha value is -1.65. The van der Waals surface area contributed by atoms with Gasteiger partial charge in [0.2, 0.25) is 0 Å². The first-order valence-corrected chi connectivity index (χ1v) is 3.85. The van der Waals surface area contributed by atoms with E-state index in [2.05, 4.69) is 5.10 Å². The maximum absolute atomic E-state index is 10.3. The Bertz CT molecular complexity index is 330. The number of hydrogen-bond acceptors (Lipinski definition) is 3. The number of aryl methyl sites for hydroxylation is 2. The molecule has 1 heterocycles. The number of aliphatic carboxylic acids is 1. The van der Waals surface area contributed by atoms with Gasteiger partial charge in [-0.2, -0.15) is 5.10 Å². The van der Waals surface area contributed by atoms with Crippen molar-refractivity contribution in [1.82, 2.24) is 9.78 Å². The zero-order valence-electron chi connectivity index (χ0n) is 7.23. The van der Waals surface area contributed by atoms with Gasteiger partial charge in [0.15, 0.2) is 6.29 Å². The third-order valence-corrected chi connectivity index (χ3v) is 1.66. The number of carbonyl (C=O) groups excluding carboxylic acids is 1. The lowest BCUT2D eigenvalue weighted by Gasteiger charge is -1.99. The third kappa shape index (κ3) is 2.40. The predicted molar refractivity (Wildman–Crippen MR) is 44.6 cm³/mol. The average Bonchev–Trinajstić information content (AvgIpc) is 2.43. The van der Waals surface area contributed by atoms with Gasteiger partial charge in [-0.15, -0.1) is 0 Å². The van der Waals surface area contributed by atoms with Gasteiger partial charge in [0.25, 0.3) is 0 Å². The van der Waals surface area contributed by atoms with Crippen LogP contribution in [-0.4, -0.2) is 27.1 Å². The van der Waals surface area contributed by atoms with E-state index < -0.39 is 5.97 Å². The van der Waals surface area contributed by atoms with Crippen LogP contribution in [0, 0.1) is 6.92 Å². The van der Waals surface area contributed by atoms with Crippen LogP contribution in [0.4, 0.5) is 0 Å². The van der Waals surface area contributed by atoms with Gasteiger partial charge in [0.1, 0.15) is 5.69 Å². The summed E-state index contributed by atoms with van der Waals surface area (Å²) in [5.74, 6) is -0.873. The molecule has 0 aliphatic rings. The fraction of sp³-hybridized carbons (Fsp3) is 0.375. The molecule has 0 spiro atoms. The van der Waals surface area contributed by atoms with Gasteiger partial charge >= 0.3 is 5.97 Å². The Morgan fingerprint density at radius 1 is 1.77 bits per heavy atom. The molecule has 1 rings (SSSR count). The van der Waals surface area contributed by atoms with E-state index in [4.69, 9.17) is 5.11 Å². The highest BCUT2D eigenvalue weighted by Gasteiger charge is 2.04. The Morgan fingerprint density at radius 2 is 2.46 bits per heavy atom. The molecule has 0 bridgehead atoms. The van der Waals surface area contributed by atoms with Gasteiger partial charge in [-0.25, -0.2) is 0 Å². The molecule has 0 fully saturated rings. The first-order valence-electron chi connectivity index (χ1n) is 3.85. The number of aldehydes is 1. The number of carboxylic acid groups (broad SMARTS) is 1. The van der Waals surface area contributed by atoms with Crippen molar-refractivity contribution in [2.24, 2.45) is 0 Å². The van der Waals surface area contributed by atoms with Gasteiger partial charge in [0, 0.05) is 5.69 Å². The van der Waals surface area contributed by atoms with Crippen LogP contribution in [-0.2, 0) is 11.3 Å². The minimum atomic E-state index is -0.873.